The molecule has 0 saturated carbocycles. The Morgan fingerprint density at radius 2 is 1.96 bits per heavy atom. The predicted molar refractivity (Wildman–Crippen MR) is 92.9 cm³/mol. The molecule has 120 valence electrons. The van der Waals surface area contributed by atoms with Crippen molar-refractivity contribution in [1.82, 2.24) is 14.5 Å². The Labute approximate surface area is 138 Å². The predicted octanol–water partition coefficient (Wildman–Crippen LogP) is 1.84. The van der Waals surface area contributed by atoms with Crippen molar-refractivity contribution in [1.29, 1.82) is 0 Å². The van der Waals surface area contributed by atoms with E-state index in [0.717, 1.165) is 23.0 Å². The van der Waals surface area contributed by atoms with Gasteiger partial charge in [-0.3, -0.25) is 13.9 Å². The number of carbonyl (C=O) groups is 1. The first-order valence-corrected chi connectivity index (χ1v) is 8.37. The van der Waals surface area contributed by atoms with E-state index in [1.54, 1.807) is 34.6 Å². The number of amides is 1. The molecule has 1 aromatic carbocycles. The van der Waals surface area contributed by atoms with Gasteiger partial charge in [-0.2, -0.15) is 0 Å². The lowest BCUT2D eigenvalue weighted by Gasteiger charge is -2.05. The Hall–Kier alpha value is -2.34. The van der Waals surface area contributed by atoms with Crippen molar-refractivity contribution >= 4 is 28.3 Å². The monoisotopic (exact) mass is 329 g/mol. The fourth-order valence-electron chi connectivity index (χ4n) is 2.69. The van der Waals surface area contributed by atoms with Crippen LogP contribution in [-0.4, -0.2) is 21.6 Å². The van der Waals surface area contributed by atoms with Crippen LogP contribution in [0.15, 0.2) is 40.5 Å². The molecule has 0 saturated heterocycles. The highest BCUT2D eigenvalue weighted by Crippen LogP contribution is 2.14. The van der Waals surface area contributed by atoms with E-state index >= 15 is 0 Å². The van der Waals surface area contributed by atoms with Crippen molar-refractivity contribution < 1.29 is 4.79 Å². The van der Waals surface area contributed by atoms with Gasteiger partial charge in [-0.1, -0.05) is 12.1 Å². The smallest absolute Gasteiger partial charge is 0.328 e. The van der Waals surface area contributed by atoms with Crippen molar-refractivity contribution in [2.45, 2.75) is 12.8 Å². The highest BCUT2D eigenvalue weighted by molar-refractivity contribution is 7.09. The third kappa shape index (κ3) is 3.22. The van der Waals surface area contributed by atoms with Gasteiger partial charge in [0.05, 0.1) is 17.5 Å². The molecule has 0 aliphatic heterocycles. The molecule has 23 heavy (non-hydrogen) atoms. The summed E-state index contributed by atoms with van der Waals surface area (Å²) in [5.41, 5.74) is 2.57. The lowest BCUT2D eigenvalue weighted by Crippen LogP contribution is -2.27. The van der Waals surface area contributed by atoms with E-state index in [0.29, 0.717) is 13.0 Å². The normalized spacial score (nSPS) is 11.0. The summed E-state index contributed by atoms with van der Waals surface area (Å²) in [6, 6.07) is 9.79. The topological polar surface area (TPSA) is 56.0 Å². The molecule has 0 bridgehead atoms. The van der Waals surface area contributed by atoms with Gasteiger partial charge in [-0.15, -0.1) is 11.3 Å². The van der Waals surface area contributed by atoms with Crippen LogP contribution >= 0.6 is 11.3 Å². The van der Waals surface area contributed by atoms with Crippen LogP contribution in [-0.2, 0) is 31.7 Å². The molecule has 5 nitrogen and oxygen atoms in total. The van der Waals surface area contributed by atoms with E-state index in [1.807, 2.05) is 29.6 Å². The standard InChI is InChI=1S/C17H19N3O2S/c1-19-14-6-5-12(10-15(14)20(2)17(19)22)11-16(21)18-8-7-13-4-3-9-23-13/h3-6,9-10H,7-8,11H2,1-2H3,(H,18,21). The van der Waals surface area contributed by atoms with Gasteiger partial charge < -0.3 is 5.32 Å². The number of hydrogen-bond donors (Lipinski definition) is 1. The summed E-state index contributed by atoms with van der Waals surface area (Å²) in [5, 5.41) is 4.98. The molecule has 0 atom stereocenters. The van der Waals surface area contributed by atoms with Crippen molar-refractivity contribution in [2.75, 3.05) is 6.54 Å². The number of aromatic nitrogens is 2. The second-order valence-electron chi connectivity index (χ2n) is 5.58. The molecule has 3 aromatic rings. The highest BCUT2D eigenvalue weighted by atomic mass is 32.1. The summed E-state index contributed by atoms with van der Waals surface area (Å²) < 4.78 is 3.22. The minimum Gasteiger partial charge on any atom is -0.355 e. The van der Waals surface area contributed by atoms with Gasteiger partial charge in [-0.05, 0) is 35.6 Å². The molecule has 0 spiro atoms. The molecule has 0 radical (unpaired) electrons. The maximum atomic E-state index is 12.1. The van der Waals surface area contributed by atoms with E-state index < -0.39 is 0 Å². The summed E-state index contributed by atoms with van der Waals surface area (Å²) in [6.45, 7) is 0.644. The van der Waals surface area contributed by atoms with Crippen LogP contribution in [0.2, 0.25) is 0 Å². The van der Waals surface area contributed by atoms with Gasteiger partial charge in [0.15, 0.2) is 0 Å². The minimum absolute atomic E-state index is 0.00170. The number of fused-ring (bicyclic) bond motifs is 1. The zero-order valence-electron chi connectivity index (χ0n) is 13.2. The number of nitrogens with one attached hydrogen (secondary N) is 1. The summed E-state index contributed by atoms with van der Waals surface area (Å²) in [7, 11) is 3.50. The molecule has 0 fully saturated rings. The largest absolute Gasteiger partial charge is 0.355 e. The van der Waals surface area contributed by atoms with Gasteiger partial charge in [0, 0.05) is 25.5 Å². The number of carbonyl (C=O) groups excluding carboxylic acids is 1. The fraction of sp³-hybridized carbons (Fsp3) is 0.294. The number of benzene rings is 1. The Bertz CT molecular complexity index is 891. The second kappa shape index (κ2) is 6.42. The first kappa shape index (κ1) is 15.6. The molecular weight excluding hydrogens is 310 g/mol. The summed E-state index contributed by atoms with van der Waals surface area (Å²) in [5.74, 6) is 0.00170. The van der Waals surface area contributed by atoms with Gasteiger partial charge in [0.1, 0.15) is 0 Å². The lowest BCUT2D eigenvalue weighted by atomic mass is 10.1. The Morgan fingerprint density at radius 1 is 1.17 bits per heavy atom. The summed E-state index contributed by atoms with van der Waals surface area (Å²) in [4.78, 5) is 25.2. The van der Waals surface area contributed by atoms with Crippen LogP contribution in [0.5, 0.6) is 0 Å². The van der Waals surface area contributed by atoms with Gasteiger partial charge in [0.2, 0.25) is 5.91 Å². The van der Waals surface area contributed by atoms with Crippen LogP contribution in [0.1, 0.15) is 10.4 Å². The van der Waals surface area contributed by atoms with Gasteiger partial charge in [-0.25, -0.2) is 4.79 Å². The molecule has 0 aliphatic rings. The van der Waals surface area contributed by atoms with Gasteiger partial charge in [0.25, 0.3) is 0 Å². The van der Waals surface area contributed by atoms with E-state index in [1.165, 1.54) is 4.88 Å². The number of rotatable bonds is 5. The number of thiophene rings is 1. The zero-order valence-corrected chi connectivity index (χ0v) is 14.0. The molecule has 0 unspecified atom stereocenters. The maximum absolute atomic E-state index is 12.1. The average molecular weight is 329 g/mol. The molecule has 2 heterocycles. The quantitative estimate of drug-likeness (QED) is 0.776. The van der Waals surface area contributed by atoms with E-state index in [4.69, 9.17) is 0 Å². The van der Waals surface area contributed by atoms with E-state index in [2.05, 4.69) is 11.4 Å². The molecule has 1 N–H and O–H groups in total. The van der Waals surface area contributed by atoms with Crippen LogP contribution in [0.4, 0.5) is 0 Å². The minimum atomic E-state index is -0.0578. The fourth-order valence-corrected chi connectivity index (χ4v) is 3.40. The van der Waals surface area contributed by atoms with Crippen LogP contribution in [0.3, 0.4) is 0 Å². The van der Waals surface area contributed by atoms with E-state index in [9.17, 15) is 9.59 Å². The number of imidazole rings is 1. The van der Waals surface area contributed by atoms with Crippen molar-refractivity contribution in [3.8, 4) is 0 Å². The molecular formula is C17H19N3O2S. The summed E-state index contributed by atoms with van der Waals surface area (Å²) >= 11 is 1.70. The molecule has 3 rings (SSSR count). The van der Waals surface area contributed by atoms with E-state index in [-0.39, 0.29) is 11.6 Å². The van der Waals surface area contributed by atoms with Gasteiger partial charge >= 0.3 is 5.69 Å². The maximum Gasteiger partial charge on any atom is 0.328 e. The first-order chi connectivity index (χ1) is 11.1. The Balaban J connectivity index is 1.65. The highest BCUT2D eigenvalue weighted by Gasteiger charge is 2.10. The number of aryl methyl sites for hydroxylation is 2. The number of nitrogens with zero attached hydrogens (tertiary/aromatic N) is 2. The molecule has 1 amide bonds. The third-order valence-electron chi connectivity index (χ3n) is 3.97. The van der Waals surface area contributed by atoms with Crippen LogP contribution in [0.25, 0.3) is 11.0 Å². The zero-order chi connectivity index (χ0) is 16.4. The van der Waals surface area contributed by atoms with Crippen LogP contribution in [0, 0.1) is 0 Å². The lowest BCUT2D eigenvalue weighted by molar-refractivity contribution is -0.120. The Morgan fingerprint density at radius 3 is 2.70 bits per heavy atom. The molecule has 0 aliphatic carbocycles. The summed E-state index contributed by atoms with van der Waals surface area (Å²) in [6.07, 6.45) is 1.18. The Kier molecular flexibility index (Phi) is 4.34. The average Bonchev–Trinajstić information content (AvgIpc) is 3.12. The van der Waals surface area contributed by atoms with Crippen LogP contribution < -0.4 is 11.0 Å². The third-order valence-corrected chi connectivity index (χ3v) is 4.91. The molecule has 2 aromatic heterocycles. The van der Waals surface area contributed by atoms with Crippen molar-refractivity contribution in [2.24, 2.45) is 14.1 Å². The second-order valence-corrected chi connectivity index (χ2v) is 6.61. The van der Waals surface area contributed by atoms with Crippen molar-refractivity contribution in [3.63, 3.8) is 0 Å². The van der Waals surface area contributed by atoms with Crippen molar-refractivity contribution in [3.05, 3.63) is 56.6 Å². The first-order valence-electron chi connectivity index (χ1n) is 7.49. The molecule has 6 heteroatoms. The SMILES string of the molecule is Cn1c(=O)n(C)c2cc(CC(=O)NCCc3cccs3)ccc21. The number of hydrogen-bond acceptors (Lipinski definition) is 3.